The molecule has 4 rings (SSSR count). The average Bonchev–Trinajstić information content (AvgIpc) is 3.22. The lowest BCUT2D eigenvalue weighted by Crippen LogP contribution is -2.57. The van der Waals surface area contributed by atoms with Crippen molar-refractivity contribution in [1.29, 1.82) is 0 Å². The lowest BCUT2D eigenvalue weighted by Gasteiger charge is -2.46. The van der Waals surface area contributed by atoms with Gasteiger partial charge in [0.25, 0.3) is 0 Å². The number of carbonyl (C=O) groups excluding carboxylic acids is 2. The highest BCUT2D eigenvalue weighted by atomic mass is 19.4. The van der Waals surface area contributed by atoms with Gasteiger partial charge in [0.2, 0.25) is 5.91 Å². The Kier molecular flexibility index (Phi) is 6.89. The maximum Gasteiger partial charge on any atom is 0.416 e. The standard InChI is InChI=1S/C25H26F6N4O2/c1-14-5-4-8-32-21(14)22-19-6-7-20(36)34(19)9-10-35(22)23(37)33(3)15(2)16-11-17(24(26,27)28)13-18(12-16)25(29,30)31/h4-5,8,11-13,15,19,22H,6-7,9-10H2,1-3H3/t15-,19+,22+/m1/s1. The Labute approximate surface area is 209 Å². The number of nitrogens with zero attached hydrogens (tertiary/aromatic N) is 4. The van der Waals surface area contributed by atoms with Gasteiger partial charge < -0.3 is 14.7 Å². The Morgan fingerprint density at radius 1 is 1.08 bits per heavy atom. The summed E-state index contributed by atoms with van der Waals surface area (Å²) in [6.07, 6.45) is -7.58. The van der Waals surface area contributed by atoms with Crippen molar-refractivity contribution >= 4 is 11.9 Å². The largest absolute Gasteiger partial charge is 0.416 e. The number of piperazine rings is 1. The van der Waals surface area contributed by atoms with E-state index in [0.29, 0.717) is 30.7 Å². The highest BCUT2D eigenvalue weighted by molar-refractivity contribution is 5.81. The molecule has 0 bridgehead atoms. The molecule has 3 atom stereocenters. The van der Waals surface area contributed by atoms with Crippen LogP contribution in [-0.2, 0) is 17.1 Å². The predicted molar refractivity (Wildman–Crippen MR) is 121 cm³/mol. The minimum atomic E-state index is -4.99. The number of pyridine rings is 1. The third kappa shape index (κ3) is 5.10. The lowest BCUT2D eigenvalue weighted by atomic mass is 9.94. The van der Waals surface area contributed by atoms with Crippen molar-refractivity contribution in [2.75, 3.05) is 20.1 Å². The van der Waals surface area contributed by atoms with Crippen molar-refractivity contribution in [2.45, 2.75) is 57.2 Å². The lowest BCUT2D eigenvalue weighted by molar-refractivity contribution is -0.143. The van der Waals surface area contributed by atoms with Crippen LogP contribution in [0.15, 0.2) is 36.5 Å². The number of urea groups is 1. The second kappa shape index (κ2) is 9.53. The zero-order valence-electron chi connectivity index (χ0n) is 20.4. The monoisotopic (exact) mass is 528 g/mol. The molecule has 0 aliphatic carbocycles. The van der Waals surface area contributed by atoms with Gasteiger partial charge in [-0.15, -0.1) is 0 Å². The summed E-state index contributed by atoms with van der Waals surface area (Å²) in [5.41, 5.74) is -1.77. The SMILES string of the molecule is Cc1cccnc1[C@@H]1[C@@H]2CCC(=O)N2CCN1C(=O)N(C)[C@H](C)c1cc(C(F)(F)F)cc(C(F)(F)F)c1. The Morgan fingerprint density at radius 3 is 2.27 bits per heavy atom. The van der Waals surface area contributed by atoms with E-state index in [0.717, 1.165) is 10.5 Å². The normalized spacial score (nSPS) is 21.2. The van der Waals surface area contributed by atoms with E-state index < -0.39 is 41.6 Å². The van der Waals surface area contributed by atoms with E-state index in [-0.39, 0.29) is 36.7 Å². The molecule has 3 amide bonds. The minimum Gasteiger partial charge on any atom is -0.335 e. The second-order valence-electron chi connectivity index (χ2n) is 9.45. The van der Waals surface area contributed by atoms with Crippen LogP contribution < -0.4 is 0 Å². The molecule has 6 nitrogen and oxygen atoms in total. The molecule has 2 fully saturated rings. The third-order valence-corrected chi connectivity index (χ3v) is 7.21. The highest BCUT2D eigenvalue weighted by Gasteiger charge is 2.47. The summed E-state index contributed by atoms with van der Waals surface area (Å²) in [7, 11) is 1.34. The van der Waals surface area contributed by atoms with Crippen LogP contribution in [0.4, 0.5) is 31.1 Å². The number of alkyl halides is 6. The molecule has 37 heavy (non-hydrogen) atoms. The molecule has 0 N–H and O–H groups in total. The van der Waals surface area contributed by atoms with Gasteiger partial charge in [0.15, 0.2) is 0 Å². The first-order valence-electron chi connectivity index (χ1n) is 11.7. The second-order valence-corrected chi connectivity index (χ2v) is 9.45. The van der Waals surface area contributed by atoms with Crippen LogP contribution in [0.5, 0.6) is 0 Å². The Hall–Kier alpha value is -3.31. The fraction of sp³-hybridized carbons (Fsp3) is 0.480. The fourth-order valence-electron chi connectivity index (χ4n) is 5.10. The van der Waals surface area contributed by atoms with E-state index in [4.69, 9.17) is 0 Å². The van der Waals surface area contributed by atoms with E-state index in [9.17, 15) is 35.9 Å². The maximum atomic E-state index is 13.7. The molecule has 2 aromatic rings. The van der Waals surface area contributed by atoms with Crippen molar-refractivity contribution in [3.05, 3.63) is 64.5 Å². The summed E-state index contributed by atoms with van der Waals surface area (Å²) in [5, 5.41) is 0. The van der Waals surface area contributed by atoms with Crippen LogP contribution in [-0.4, -0.2) is 57.8 Å². The van der Waals surface area contributed by atoms with Gasteiger partial charge in [0.05, 0.1) is 34.9 Å². The maximum absolute atomic E-state index is 13.7. The summed E-state index contributed by atoms with van der Waals surface area (Å²) < 4.78 is 80.3. The van der Waals surface area contributed by atoms with E-state index >= 15 is 0 Å². The number of hydrogen-bond acceptors (Lipinski definition) is 3. The van der Waals surface area contributed by atoms with E-state index in [1.54, 1.807) is 17.2 Å². The van der Waals surface area contributed by atoms with Crippen LogP contribution in [0.25, 0.3) is 0 Å². The summed E-state index contributed by atoms with van der Waals surface area (Å²) >= 11 is 0. The Balaban J connectivity index is 1.69. The van der Waals surface area contributed by atoms with Gasteiger partial charge in [-0.1, -0.05) is 6.07 Å². The number of fused-ring (bicyclic) bond motifs is 1. The van der Waals surface area contributed by atoms with Gasteiger partial charge in [-0.05, 0) is 55.7 Å². The molecule has 0 spiro atoms. The number of rotatable bonds is 3. The van der Waals surface area contributed by atoms with Gasteiger partial charge >= 0.3 is 18.4 Å². The van der Waals surface area contributed by atoms with Crippen molar-refractivity contribution < 1.29 is 35.9 Å². The van der Waals surface area contributed by atoms with Gasteiger partial charge in [0, 0.05) is 32.8 Å². The van der Waals surface area contributed by atoms with Crippen molar-refractivity contribution in [1.82, 2.24) is 19.7 Å². The van der Waals surface area contributed by atoms with E-state index in [1.807, 2.05) is 13.0 Å². The van der Waals surface area contributed by atoms with Gasteiger partial charge in [-0.25, -0.2) is 4.79 Å². The average molecular weight is 528 g/mol. The van der Waals surface area contributed by atoms with Crippen molar-refractivity contribution in [3.8, 4) is 0 Å². The number of aryl methyl sites for hydroxylation is 1. The first-order chi connectivity index (χ1) is 17.2. The zero-order valence-corrected chi connectivity index (χ0v) is 20.4. The molecule has 1 aromatic heterocycles. The minimum absolute atomic E-state index is 0.0268. The zero-order chi connectivity index (χ0) is 27.3. The molecular formula is C25H26F6N4O2. The number of carbonyl (C=O) groups is 2. The third-order valence-electron chi connectivity index (χ3n) is 7.21. The molecule has 2 saturated heterocycles. The fourth-order valence-corrected chi connectivity index (χ4v) is 5.10. The van der Waals surface area contributed by atoms with Crippen LogP contribution in [0, 0.1) is 6.92 Å². The molecule has 0 unspecified atom stereocenters. The summed E-state index contributed by atoms with van der Waals surface area (Å²) in [4.78, 5) is 35.0. The first-order valence-corrected chi connectivity index (χ1v) is 11.7. The first kappa shape index (κ1) is 26.7. The van der Waals surface area contributed by atoms with Crippen LogP contribution in [0.1, 0.15) is 59.8 Å². The summed E-state index contributed by atoms with van der Waals surface area (Å²) in [6, 6.07) is 2.30. The summed E-state index contributed by atoms with van der Waals surface area (Å²) in [5.74, 6) is -0.0268. The highest BCUT2D eigenvalue weighted by Crippen LogP contribution is 2.41. The molecule has 1 aromatic carbocycles. The van der Waals surface area contributed by atoms with Gasteiger partial charge in [-0.3, -0.25) is 9.78 Å². The number of aromatic nitrogens is 1. The number of halogens is 6. The molecule has 0 radical (unpaired) electrons. The number of amides is 3. The molecule has 0 saturated carbocycles. The number of benzene rings is 1. The van der Waals surface area contributed by atoms with Crippen LogP contribution in [0.3, 0.4) is 0 Å². The Bertz CT molecular complexity index is 1170. The molecule has 200 valence electrons. The number of hydrogen-bond donors (Lipinski definition) is 0. The van der Waals surface area contributed by atoms with Crippen molar-refractivity contribution in [2.24, 2.45) is 0 Å². The van der Waals surface area contributed by atoms with Crippen molar-refractivity contribution in [3.63, 3.8) is 0 Å². The molecule has 12 heteroatoms. The molecule has 3 heterocycles. The Morgan fingerprint density at radius 2 is 1.70 bits per heavy atom. The molecule has 2 aliphatic rings. The van der Waals surface area contributed by atoms with E-state index in [2.05, 4.69) is 4.98 Å². The van der Waals surface area contributed by atoms with Gasteiger partial charge in [0.1, 0.15) is 0 Å². The van der Waals surface area contributed by atoms with Crippen LogP contribution >= 0.6 is 0 Å². The smallest absolute Gasteiger partial charge is 0.335 e. The van der Waals surface area contributed by atoms with E-state index in [1.165, 1.54) is 18.9 Å². The quantitative estimate of drug-likeness (QED) is 0.489. The van der Waals surface area contributed by atoms with Gasteiger partial charge in [-0.2, -0.15) is 26.3 Å². The van der Waals surface area contributed by atoms with Crippen LogP contribution in [0.2, 0.25) is 0 Å². The summed E-state index contributed by atoms with van der Waals surface area (Å²) in [6.45, 7) is 3.63. The predicted octanol–water partition coefficient (Wildman–Crippen LogP) is 5.59. The molecular weight excluding hydrogens is 502 g/mol. The topological polar surface area (TPSA) is 56.8 Å². The molecule has 2 aliphatic heterocycles.